The maximum Gasteiger partial charge on any atom is 0.0670 e. The maximum absolute atomic E-state index is 5.46. The molecule has 3 heteroatoms. The predicted molar refractivity (Wildman–Crippen MR) is 75.8 cm³/mol. The Balaban J connectivity index is 1.91. The molecule has 3 unspecified atom stereocenters. The molecule has 1 heterocycles. The van der Waals surface area contributed by atoms with E-state index in [4.69, 9.17) is 4.74 Å². The number of methoxy groups -OCH3 is 1. The molecule has 2 fully saturated rings. The summed E-state index contributed by atoms with van der Waals surface area (Å²) in [7, 11) is 1.82. The van der Waals surface area contributed by atoms with E-state index in [1.807, 2.05) is 7.11 Å². The normalized spacial score (nSPS) is 31.8. The van der Waals surface area contributed by atoms with Crippen molar-refractivity contribution in [2.24, 2.45) is 11.8 Å². The fourth-order valence-corrected chi connectivity index (χ4v) is 3.10. The van der Waals surface area contributed by atoms with Gasteiger partial charge in [-0.3, -0.25) is 4.90 Å². The van der Waals surface area contributed by atoms with Gasteiger partial charge in [0.2, 0.25) is 0 Å². The molecule has 2 rings (SSSR count). The number of piperazine rings is 1. The molecule has 1 aliphatic carbocycles. The lowest BCUT2D eigenvalue weighted by Crippen LogP contribution is -2.58. The molecule has 18 heavy (non-hydrogen) atoms. The monoisotopic (exact) mass is 254 g/mol. The lowest BCUT2D eigenvalue weighted by molar-refractivity contribution is 0.0330. The highest BCUT2D eigenvalue weighted by molar-refractivity contribution is 4.95. The van der Waals surface area contributed by atoms with Crippen LogP contribution >= 0.6 is 0 Å². The zero-order chi connectivity index (χ0) is 13.1. The maximum atomic E-state index is 5.46. The standard InChI is InChI=1S/C15H30N2O/c1-11(2)7-14-8-16-15(13-5-6-13)10-17(14)9-12(3)18-4/h11-16H,5-10H2,1-4H3. The van der Waals surface area contributed by atoms with Crippen LogP contribution in [0, 0.1) is 11.8 Å². The quantitative estimate of drug-likeness (QED) is 0.786. The zero-order valence-corrected chi connectivity index (χ0v) is 12.5. The van der Waals surface area contributed by atoms with Crippen LogP contribution in [0.5, 0.6) is 0 Å². The Hall–Kier alpha value is -0.120. The predicted octanol–water partition coefficient (Wildman–Crippen LogP) is 2.12. The Labute approximate surface area is 112 Å². The van der Waals surface area contributed by atoms with E-state index in [1.54, 1.807) is 0 Å². The molecular formula is C15H30N2O. The minimum absolute atomic E-state index is 0.345. The smallest absolute Gasteiger partial charge is 0.0670 e. The third-order valence-electron chi connectivity index (χ3n) is 4.39. The van der Waals surface area contributed by atoms with Crippen molar-refractivity contribution in [3.63, 3.8) is 0 Å². The third-order valence-corrected chi connectivity index (χ3v) is 4.39. The summed E-state index contributed by atoms with van der Waals surface area (Å²) in [6.45, 7) is 10.3. The fraction of sp³-hybridized carbons (Fsp3) is 1.00. The summed E-state index contributed by atoms with van der Waals surface area (Å²) < 4.78 is 5.46. The molecule has 0 amide bonds. The average molecular weight is 254 g/mol. The van der Waals surface area contributed by atoms with Crippen molar-refractivity contribution in [3.05, 3.63) is 0 Å². The molecule has 106 valence electrons. The number of hydrogen-bond donors (Lipinski definition) is 1. The van der Waals surface area contributed by atoms with Crippen molar-refractivity contribution < 1.29 is 4.74 Å². The van der Waals surface area contributed by atoms with E-state index < -0.39 is 0 Å². The highest BCUT2D eigenvalue weighted by Gasteiger charge is 2.37. The summed E-state index contributed by atoms with van der Waals surface area (Å²) in [4.78, 5) is 2.67. The van der Waals surface area contributed by atoms with E-state index in [0.717, 1.165) is 31.0 Å². The van der Waals surface area contributed by atoms with E-state index in [-0.39, 0.29) is 0 Å². The van der Waals surface area contributed by atoms with Crippen LogP contribution < -0.4 is 5.32 Å². The first-order valence-corrected chi connectivity index (χ1v) is 7.60. The van der Waals surface area contributed by atoms with Gasteiger partial charge in [-0.15, -0.1) is 0 Å². The van der Waals surface area contributed by atoms with Gasteiger partial charge in [-0.25, -0.2) is 0 Å². The van der Waals surface area contributed by atoms with Crippen LogP contribution in [0.3, 0.4) is 0 Å². The molecule has 0 bridgehead atoms. The highest BCUT2D eigenvalue weighted by Crippen LogP contribution is 2.34. The Morgan fingerprint density at radius 3 is 2.56 bits per heavy atom. The summed E-state index contributed by atoms with van der Waals surface area (Å²) in [5, 5.41) is 3.78. The van der Waals surface area contributed by atoms with Gasteiger partial charge in [-0.05, 0) is 38.0 Å². The van der Waals surface area contributed by atoms with Crippen molar-refractivity contribution in [3.8, 4) is 0 Å². The molecule has 2 aliphatic rings. The Morgan fingerprint density at radius 2 is 2.00 bits per heavy atom. The van der Waals surface area contributed by atoms with Gasteiger partial charge in [-0.1, -0.05) is 13.8 Å². The first-order chi connectivity index (χ1) is 8.60. The Bertz CT molecular complexity index is 253. The highest BCUT2D eigenvalue weighted by atomic mass is 16.5. The van der Waals surface area contributed by atoms with Crippen LogP contribution in [-0.4, -0.2) is 49.8 Å². The van der Waals surface area contributed by atoms with Gasteiger partial charge in [0.05, 0.1) is 6.10 Å². The third kappa shape index (κ3) is 3.94. The van der Waals surface area contributed by atoms with E-state index in [2.05, 4.69) is 31.0 Å². The van der Waals surface area contributed by atoms with Crippen molar-refractivity contribution >= 4 is 0 Å². The van der Waals surface area contributed by atoms with Gasteiger partial charge in [-0.2, -0.15) is 0 Å². The Kier molecular flexibility index (Phi) is 5.05. The first-order valence-electron chi connectivity index (χ1n) is 7.60. The lowest BCUT2D eigenvalue weighted by atomic mass is 9.97. The van der Waals surface area contributed by atoms with Gasteiger partial charge in [0.25, 0.3) is 0 Å². The van der Waals surface area contributed by atoms with Gasteiger partial charge in [0, 0.05) is 38.8 Å². The van der Waals surface area contributed by atoms with Crippen molar-refractivity contribution in [2.75, 3.05) is 26.7 Å². The zero-order valence-electron chi connectivity index (χ0n) is 12.5. The molecule has 3 atom stereocenters. The number of rotatable bonds is 6. The van der Waals surface area contributed by atoms with Gasteiger partial charge >= 0.3 is 0 Å². The molecule has 0 aromatic heterocycles. The van der Waals surface area contributed by atoms with Crippen molar-refractivity contribution in [1.29, 1.82) is 0 Å². The number of nitrogens with one attached hydrogen (secondary N) is 1. The molecule has 1 N–H and O–H groups in total. The van der Waals surface area contributed by atoms with Gasteiger partial charge < -0.3 is 10.1 Å². The van der Waals surface area contributed by atoms with Crippen LogP contribution in [-0.2, 0) is 4.74 Å². The van der Waals surface area contributed by atoms with E-state index >= 15 is 0 Å². The summed E-state index contributed by atoms with van der Waals surface area (Å²) in [6, 6.07) is 1.43. The van der Waals surface area contributed by atoms with Crippen LogP contribution in [0.4, 0.5) is 0 Å². The average Bonchev–Trinajstić information content (AvgIpc) is 3.14. The molecule has 1 saturated carbocycles. The van der Waals surface area contributed by atoms with E-state index in [0.29, 0.717) is 12.1 Å². The fourth-order valence-electron chi connectivity index (χ4n) is 3.10. The number of hydrogen-bond acceptors (Lipinski definition) is 3. The van der Waals surface area contributed by atoms with E-state index in [1.165, 1.54) is 25.8 Å². The van der Waals surface area contributed by atoms with Gasteiger partial charge in [0.15, 0.2) is 0 Å². The van der Waals surface area contributed by atoms with Crippen LogP contribution in [0.15, 0.2) is 0 Å². The second-order valence-corrected chi connectivity index (χ2v) is 6.64. The lowest BCUT2D eigenvalue weighted by Gasteiger charge is -2.42. The van der Waals surface area contributed by atoms with Gasteiger partial charge in [0.1, 0.15) is 0 Å². The topological polar surface area (TPSA) is 24.5 Å². The SMILES string of the molecule is COC(C)CN1CC(C2CC2)NCC1CC(C)C. The summed E-state index contributed by atoms with van der Waals surface area (Å²) in [6.07, 6.45) is 4.50. The van der Waals surface area contributed by atoms with E-state index in [9.17, 15) is 0 Å². The molecule has 0 aromatic carbocycles. The second-order valence-electron chi connectivity index (χ2n) is 6.64. The van der Waals surface area contributed by atoms with Crippen LogP contribution in [0.1, 0.15) is 40.0 Å². The number of nitrogens with zero attached hydrogens (tertiary/aromatic N) is 1. The molecule has 1 saturated heterocycles. The minimum Gasteiger partial charge on any atom is -0.380 e. The number of ether oxygens (including phenoxy) is 1. The first kappa shape index (κ1) is 14.3. The van der Waals surface area contributed by atoms with Crippen LogP contribution in [0.2, 0.25) is 0 Å². The second kappa shape index (κ2) is 6.36. The molecule has 0 spiro atoms. The summed E-state index contributed by atoms with van der Waals surface area (Å²) in [5.74, 6) is 1.72. The molecule has 1 aliphatic heterocycles. The van der Waals surface area contributed by atoms with Crippen LogP contribution in [0.25, 0.3) is 0 Å². The van der Waals surface area contributed by atoms with Crippen molar-refractivity contribution in [1.82, 2.24) is 10.2 Å². The largest absolute Gasteiger partial charge is 0.380 e. The molecule has 0 aromatic rings. The Morgan fingerprint density at radius 1 is 1.28 bits per heavy atom. The molecular weight excluding hydrogens is 224 g/mol. The summed E-state index contributed by atoms with van der Waals surface area (Å²) >= 11 is 0. The summed E-state index contributed by atoms with van der Waals surface area (Å²) in [5.41, 5.74) is 0. The minimum atomic E-state index is 0.345. The molecule has 0 radical (unpaired) electrons. The van der Waals surface area contributed by atoms with Crippen molar-refractivity contribution in [2.45, 2.75) is 58.2 Å². The molecule has 3 nitrogen and oxygen atoms in total.